The summed E-state index contributed by atoms with van der Waals surface area (Å²) in [6.45, 7) is 6.23. The first-order chi connectivity index (χ1) is 13.0. The van der Waals surface area contributed by atoms with Crippen LogP contribution in [0.2, 0.25) is 0 Å². The van der Waals surface area contributed by atoms with E-state index in [-0.39, 0.29) is 29.7 Å². The highest BCUT2D eigenvalue weighted by Gasteiger charge is 2.21. The molecule has 2 N–H and O–H groups in total. The van der Waals surface area contributed by atoms with E-state index in [0.717, 1.165) is 43.6 Å². The van der Waals surface area contributed by atoms with E-state index in [4.69, 9.17) is 4.74 Å². The van der Waals surface area contributed by atoms with Crippen LogP contribution in [0.15, 0.2) is 29.3 Å². The molecule has 10 heteroatoms. The summed E-state index contributed by atoms with van der Waals surface area (Å²) in [5.41, 5.74) is 1.12. The third-order valence-electron chi connectivity index (χ3n) is 4.56. The third-order valence-corrected chi connectivity index (χ3v) is 5.96. The Morgan fingerprint density at radius 2 is 1.86 bits per heavy atom. The number of nitrogens with zero attached hydrogens (tertiary/aromatic N) is 3. The summed E-state index contributed by atoms with van der Waals surface area (Å²) in [7, 11) is 0.350. The lowest BCUT2D eigenvalue weighted by Crippen LogP contribution is -2.52. The molecular formula is C18H32IN5O3S. The van der Waals surface area contributed by atoms with Gasteiger partial charge in [0.2, 0.25) is 10.0 Å². The minimum Gasteiger partial charge on any atom is -0.495 e. The van der Waals surface area contributed by atoms with Crippen molar-refractivity contribution in [3.05, 3.63) is 24.3 Å². The quantitative estimate of drug-likeness (QED) is 0.231. The minimum atomic E-state index is -3.12. The van der Waals surface area contributed by atoms with Crippen LogP contribution in [0.25, 0.3) is 0 Å². The molecule has 0 spiro atoms. The largest absolute Gasteiger partial charge is 0.495 e. The molecule has 1 heterocycles. The highest BCUT2D eigenvalue weighted by atomic mass is 127. The number of para-hydroxylation sites is 2. The van der Waals surface area contributed by atoms with Crippen molar-refractivity contribution in [2.45, 2.75) is 13.3 Å². The molecular weight excluding hydrogens is 493 g/mol. The van der Waals surface area contributed by atoms with Gasteiger partial charge in [0.15, 0.2) is 5.96 Å². The number of nitrogens with one attached hydrogen (secondary N) is 2. The van der Waals surface area contributed by atoms with Crippen molar-refractivity contribution in [3.63, 3.8) is 0 Å². The van der Waals surface area contributed by atoms with Gasteiger partial charge in [-0.3, -0.25) is 4.99 Å². The Morgan fingerprint density at radius 1 is 1.18 bits per heavy atom. The Labute approximate surface area is 185 Å². The number of rotatable bonds is 8. The van der Waals surface area contributed by atoms with Gasteiger partial charge >= 0.3 is 0 Å². The van der Waals surface area contributed by atoms with Crippen molar-refractivity contribution in [1.82, 2.24) is 14.9 Å². The van der Waals surface area contributed by atoms with E-state index in [0.29, 0.717) is 19.5 Å². The Kier molecular flexibility index (Phi) is 10.9. The van der Waals surface area contributed by atoms with Crippen molar-refractivity contribution in [2.75, 3.05) is 64.1 Å². The number of anilines is 1. The number of aliphatic imine (C=N–C) groups is 1. The van der Waals surface area contributed by atoms with E-state index in [1.807, 2.05) is 18.2 Å². The van der Waals surface area contributed by atoms with E-state index in [1.165, 1.54) is 0 Å². The highest BCUT2D eigenvalue weighted by molar-refractivity contribution is 14.0. The van der Waals surface area contributed by atoms with E-state index in [2.05, 4.69) is 30.9 Å². The Bertz CT molecular complexity index is 722. The molecule has 160 valence electrons. The summed E-state index contributed by atoms with van der Waals surface area (Å²) in [4.78, 5) is 8.90. The van der Waals surface area contributed by atoms with Gasteiger partial charge in [0.05, 0.1) is 18.6 Å². The number of sulfonamides is 1. The zero-order valence-corrected chi connectivity index (χ0v) is 20.0. The fraction of sp³-hybridized carbons (Fsp3) is 0.611. The second-order valence-corrected chi connectivity index (χ2v) is 8.37. The van der Waals surface area contributed by atoms with Crippen LogP contribution in [0.5, 0.6) is 5.75 Å². The summed E-state index contributed by atoms with van der Waals surface area (Å²) < 4.78 is 30.9. The van der Waals surface area contributed by atoms with Gasteiger partial charge in [0.25, 0.3) is 0 Å². The van der Waals surface area contributed by atoms with Crippen molar-refractivity contribution in [3.8, 4) is 5.75 Å². The molecule has 1 aliphatic rings. The average Bonchev–Trinajstić information content (AvgIpc) is 2.71. The molecule has 0 aromatic heterocycles. The first-order valence-electron chi connectivity index (χ1n) is 9.31. The Balaban J connectivity index is 0.00000392. The van der Waals surface area contributed by atoms with Gasteiger partial charge in [0, 0.05) is 46.3 Å². The van der Waals surface area contributed by atoms with E-state index >= 15 is 0 Å². The molecule has 1 aromatic rings. The van der Waals surface area contributed by atoms with Crippen LogP contribution in [0.3, 0.4) is 0 Å². The fourth-order valence-electron chi connectivity index (χ4n) is 3.00. The number of hydrogen-bond donors (Lipinski definition) is 2. The van der Waals surface area contributed by atoms with Gasteiger partial charge in [-0.1, -0.05) is 12.1 Å². The van der Waals surface area contributed by atoms with Gasteiger partial charge in [-0.2, -0.15) is 0 Å². The van der Waals surface area contributed by atoms with Gasteiger partial charge in [-0.15, -0.1) is 24.0 Å². The van der Waals surface area contributed by atoms with E-state index in [9.17, 15) is 8.42 Å². The number of piperazine rings is 1. The summed E-state index contributed by atoms with van der Waals surface area (Å²) in [5, 5.41) is 3.32. The molecule has 1 saturated heterocycles. The fourth-order valence-corrected chi connectivity index (χ4v) is 3.66. The third kappa shape index (κ3) is 7.28. The van der Waals surface area contributed by atoms with Crippen LogP contribution in [0, 0.1) is 0 Å². The van der Waals surface area contributed by atoms with E-state index < -0.39 is 10.0 Å². The number of ether oxygens (including phenoxy) is 1. The normalized spacial score (nSPS) is 15.2. The number of benzene rings is 1. The topological polar surface area (TPSA) is 86.3 Å². The van der Waals surface area contributed by atoms with Crippen molar-refractivity contribution < 1.29 is 13.2 Å². The lowest BCUT2D eigenvalue weighted by Gasteiger charge is -2.38. The van der Waals surface area contributed by atoms with Crippen LogP contribution < -0.4 is 19.7 Å². The number of hydrogen-bond acceptors (Lipinski definition) is 5. The highest BCUT2D eigenvalue weighted by Crippen LogP contribution is 2.28. The van der Waals surface area contributed by atoms with Crippen LogP contribution in [-0.2, 0) is 10.0 Å². The molecule has 0 radical (unpaired) electrons. The summed E-state index contributed by atoms with van der Waals surface area (Å²) in [5.74, 6) is 1.86. The molecule has 28 heavy (non-hydrogen) atoms. The maximum absolute atomic E-state index is 11.4. The van der Waals surface area contributed by atoms with Crippen molar-refractivity contribution in [1.29, 1.82) is 0 Å². The Morgan fingerprint density at radius 3 is 2.46 bits per heavy atom. The first kappa shape index (κ1) is 24.8. The molecule has 1 aliphatic heterocycles. The molecule has 8 nitrogen and oxygen atoms in total. The lowest BCUT2D eigenvalue weighted by atomic mass is 10.2. The predicted octanol–water partition coefficient (Wildman–Crippen LogP) is 1.34. The second-order valence-electron chi connectivity index (χ2n) is 6.27. The zero-order valence-electron chi connectivity index (χ0n) is 16.8. The second kappa shape index (κ2) is 12.3. The molecule has 0 amide bonds. The standard InChI is InChI=1S/C18H31N5O3S.HI/c1-4-27(24,25)21-11-7-10-20-18(19-2)23-14-12-22(13-15-23)16-8-5-6-9-17(16)26-3;/h5-6,8-9,21H,4,7,10-15H2,1-3H3,(H,19,20);1H. The van der Waals surface area contributed by atoms with Gasteiger partial charge in [-0.25, -0.2) is 13.1 Å². The molecule has 0 bridgehead atoms. The van der Waals surface area contributed by atoms with Crippen molar-refractivity contribution >= 4 is 45.6 Å². The summed E-state index contributed by atoms with van der Waals surface area (Å²) >= 11 is 0. The van der Waals surface area contributed by atoms with Crippen LogP contribution in [0.4, 0.5) is 5.69 Å². The van der Waals surface area contributed by atoms with Gasteiger partial charge in [0.1, 0.15) is 5.75 Å². The Hall–Kier alpha value is -1.27. The first-order valence-corrected chi connectivity index (χ1v) is 11.0. The molecule has 0 atom stereocenters. The molecule has 2 rings (SSSR count). The predicted molar refractivity (Wildman–Crippen MR) is 126 cm³/mol. The lowest BCUT2D eigenvalue weighted by molar-refractivity contribution is 0.367. The molecule has 0 aliphatic carbocycles. The maximum atomic E-state index is 11.4. The number of halogens is 1. The average molecular weight is 525 g/mol. The van der Waals surface area contributed by atoms with Crippen LogP contribution >= 0.6 is 24.0 Å². The molecule has 0 unspecified atom stereocenters. The number of methoxy groups -OCH3 is 1. The van der Waals surface area contributed by atoms with Gasteiger partial charge in [-0.05, 0) is 25.5 Å². The van der Waals surface area contributed by atoms with Gasteiger partial charge < -0.3 is 19.9 Å². The van der Waals surface area contributed by atoms with Crippen LogP contribution in [0.1, 0.15) is 13.3 Å². The monoisotopic (exact) mass is 525 g/mol. The smallest absolute Gasteiger partial charge is 0.211 e. The SMILES string of the molecule is CCS(=O)(=O)NCCCNC(=NC)N1CCN(c2ccccc2OC)CC1.I. The minimum absolute atomic E-state index is 0. The summed E-state index contributed by atoms with van der Waals surface area (Å²) in [6, 6.07) is 8.07. The molecule has 1 fully saturated rings. The van der Waals surface area contributed by atoms with Crippen LogP contribution in [-0.4, -0.2) is 78.5 Å². The van der Waals surface area contributed by atoms with Crippen molar-refractivity contribution in [2.24, 2.45) is 4.99 Å². The van der Waals surface area contributed by atoms with E-state index in [1.54, 1.807) is 21.1 Å². The number of guanidine groups is 1. The molecule has 1 aromatic carbocycles. The zero-order chi connectivity index (χ0) is 19.7. The summed E-state index contributed by atoms with van der Waals surface area (Å²) in [6.07, 6.45) is 0.708. The maximum Gasteiger partial charge on any atom is 0.211 e. The molecule has 0 saturated carbocycles.